The molecule has 3 rings (SSSR count). The highest BCUT2D eigenvalue weighted by Crippen LogP contribution is 2.20. The molecule has 0 aliphatic heterocycles. The van der Waals surface area contributed by atoms with Crippen LogP contribution in [-0.2, 0) is 0 Å². The van der Waals surface area contributed by atoms with E-state index in [1.54, 1.807) is 43.6 Å². The molecule has 1 aromatic carbocycles. The third-order valence-corrected chi connectivity index (χ3v) is 3.06. The number of hydrogen-bond acceptors (Lipinski definition) is 5. The van der Waals surface area contributed by atoms with Crippen molar-refractivity contribution in [2.24, 2.45) is 0 Å². The first kappa shape index (κ1) is 13.0. The lowest BCUT2D eigenvalue weighted by atomic mass is 10.1. The molecule has 104 valence electrons. The van der Waals surface area contributed by atoms with Crippen molar-refractivity contribution in [1.29, 1.82) is 0 Å². The van der Waals surface area contributed by atoms with Crippen molar-refractivity contribution in [1.82, 2.24) is 15.0 Å². The zero-order valence-electron chi connectivity index (χ0n) is 11.2. The van der Waals surface area contributed by atoms with Gasteiger partial charge in [-0.25, -0.2) is 14.8 Å². The molecule has 2 N–H and O–H groups in total. The molecular formula is C15H12N4O2. The van der Waals surface area contributed by atoms with E-state index in [9.17, 15) is 4.79 Å². The number of carboxylic acids is 1. The highest BCUT2D eigenvalue weighted by atomic mass is 16.4. The van der Waals surface area contributed by atoms with Crippen LogP contribution in [0.1, 0.15) is 15.9 Å². The van der Waals surface area contributed by atoms with Gasteiger partial charge in [0, 0.05) is 18.1 Å². The highest BCUT2D eigenvalue weighted by Gasteiger charge is 2.07. The molecule has 0 saturated heterocycles. The monoisotopic (exact) mass is 280 g/mol. The molecule has 6 heteroatoms. The van der Waals surface area contributed by atoms with Crippen LogP contribution in [0.3, 0.4) is 0 Å². The summed E-state index contributed by atoms with van der Waals surface area (Å²) in [5.41, 5.74) is 3.03. The lowest BCUT2D eigenvalue weighted by Gasteiger charge is -2.08. The summed E-state index contributed by atoms with van der Waals surface area (Å²) in [6.45, 7) is 1.76. The maximum absolute atomic E-state index is 11.0. The Kier molecular flexibility index (Phi) is 3.19. The smallest absolute Gasteiger partial charge is 0.335 e. The van der Waals surface area contributed by atoms with Gasteiger partial charge in [0.15, 0.2) is 5.65 Å². The Labute approximate surface area is 120 Å². The van der Waals surface area contributed by atoms with E-state index < -0.39 is 5.97 Å². The van der Waals surface area contributed by atoms with Gasteiger partial charge in [-0.2, -0.15) is 0 Å². The normalized spacial score (nSPS) is 10.5. The Morgan fingerprint density at radius 1 is 1.14 bits per heavy atom. The van der Waals surface area contributed by atoms with Crippen LogP contribution < -0.4 is 5.32 Å². The van der Waals surface area contributed by atoms with Crippen molar-refractivity contribution < 1.29 is 9.90 Å². The number of nitrogens with one attached hydrogen (secondary N) is 1. The van der Waals surface area contributed by atoms with Crippen molar-refractivity contribution in [3.8, 4) is 0 Å². The third-order valence-electron chi connectivity index (χ3n) is 3.06. The van der Waals surface area contributed by atoms with E-state index in [1.807, 2.05) is 6.07 Å². The van der Waals surface area contributed by atoms with Crippen LogP contribution in [0.4, 0.5) is 11.5 Å². The summed E-state index contributed by atoms with van der Waals surface area (Å²) in [5, 5.41) is 12.1. The summed E-state index contributed by atoms with van der Waals surface area (Å²) in [6, 6.07) is 8.68. The Morgan fingerprint density at radius 3 is 2.71 bits per heavy atom. The minimum absolute atomic E-state index is 0.290. The van der Waals surface area contributed by atoms with Gasteiger partial charge in [0.2, 0.25) is 0 Å². The van der Waals surface area contributed by atoms with Crippen molar-refractivity contribution in [3.05, 3.63) is 53.9 Å². The Bertz CT molecular complexity index is 833. The predicted octanol–water partition coefficient (Wildman–Crippen LogP) is 2.78. The number of aromatic nitrogens is 3. The minimum atomic E-state index is -0.932. The molecule has 0 amide bonds. The molecule has 0 fully saturated rings. The van der Waals surface area contributed by atoms with Crippen molar-refractivity contribution in [2.75, 3.05) is 5.32 Å². The summed E-state index contributed by atoms with van der Waals surface area (Å²) in [6.07, 6.45) is 3.20. The zero-order chi connectivity index (χ0) is 14.8. The summed E-state index contributed by atoms with van der Waals surface area (Å²) < 4.78 is 0. The van der Waals surface area contributed by atoms with E-state index in [1.165, 1.54) is 0 Å². The number of rotatable bonds is 3. The van der Waals surface area contributed by atoms with Gasteiger partial charge in [0.25, 0.3) is 0 Å². The molecule has 0 aliphatic carbocycles. The Balaban J connectivity index is 1.91. The lowest BCUT2D eigenvalue weighted by molar-refractivity contribution is 0.0696. The molecule has 6 nitrogen and oxygen atoms in total. The number of benzene rings is 1. The number of aryl methyl sites for hydroxylation is 1. The van der Waals surface area contributed by atoms with Gasteiger partial charge in [0.05, 0.1) is 5.56 Å². The number of hydrogen-bond donors (Lipinski definition) is 2. The number of anilines is 2. The van der Waals surface area contributed by atoms with E-state index in [4.69, 9.17) is 5.11 Å². The molecule has 21 heavy (non-hydrogen) atoms. The second kappa shape index (κ2) is 5.16. The average molecular weight is 280 g/mol. The van der Waals surface area contributed by atoms with Crippen LogP contribution in [0, 0.1) is 6.92 Å². The van der Waals surface area contributed by atoms with E-state index in [2.05, 4.69) is 20.3 Å². The summed E-state index contributed by atoms with van der Waals surface area (Å²) in [7, 11) is 0. The molecule has 0 saturated carbocycles. The van der Waals surface area contributed by atoms with Crippen LogP contribution in [0.5, 0.6) is 0 Å². The highest BCUT2D eigenvalue weighted by molar-refractivity contribution is 5.90. The summed E-state index contributed by atoms with van der Waals surface area (Å²) in [4.78, 5) is 23.6. The molecule has 0 spiro atoms. The Hall–Kier alpha value is -3.02. The number of nitrogens with zero attached hydrogens (tertiary/aromatic N) is 3. The first-order chi connectivity index (χ1) is 10.1. The number of carboxylic acid groups (broad SMARTS) is 1. The Morgan fingerprint density at radius 2 is 1.95 bits per heavy atom. The number of pyridine rings is 1. The quantitative estimate of drug-likeness (QED) is 0.767. The predicted molar refractivity (Wildman–Crippen MR) is 78.8 cm³/mol. The van der Waals surface area contributed by atoms with Gasteiger partial charge in [0.1, 0.15) is 11.3 Å². The largest absolute Gasteiger partial charge is 0.478 e. The fraction of sp³-hybridized carbons (Fsp3) is 0.0667. The van der Waals surface area contributed by atoms with Crippen molar-refractivity contribution in [2.45, 2.75) is 6.92 Å². The van der Waals surface area contributed by atoms with Crippen LogP contribution in [-0.4, -0.2) is 26.0 Å². The number of aromatic carboxylic acids is 1. The van der Waals surface area contributed by atoms with E-state index in [-0.39, 0.29) is 5.56 Å². The van der Waals surface area contributed by atoms with Crippen LogP contribution in [0.15, 0.2) is 42.7 Å². The first-order valence-corrected chi connectivity index (χ1v) is 6.32. The molecule has 0 bridgehead atoms. The molecule has 2 aromatic heterocycles. The second-order valence-electron chi connectivity index (χ2n) is 4.56. The second-order valence-corrected chi connectivity index (χ2v) is 4.56. The fourth-order valence-corrected chi connectivity index (χ4v) is 2.05. The van der Waals surface area contributed by atoms with E-state index >= 15 is 0 Å². The maximum atomic E-state index is 11.0. The minimum Gasteiger partial charge on any atom is -0.478 e. The summed E-state index contributed by atoms with van der Waals surface area (Å²) >= 11 is 0. The summed E-state index contributed by atoms with van der Waals surface area (Å²) in [5.74, 6) is -0.302. The molecule has 0 radical (unpaired) electrons. The van der Waals surface area contributed by atoms with E-state index in [0.29, 0.717) is 17.0 Å². The topological polar surface area (TPSA) is 88.0 Å². The SMILES string of the molecule is Cc1cc(Nc2ccc3nccnc3n2)ccc1C(=O)O. The molecule has 0 atom stereocenters. The number of carbonyl (C=O) groups is 1. The van der Waals surface area contributed by atoms with E-state index in [0.717, 1.165) is 11.2 Å². The first-order valence-electron chi connectivity index (χ1n) is 6.32. The standard InChI is InChI=1S/C15H12N4O2/c1-9-8-10(2-3-11(9)15(20)21)18-13-5-4-12-14(19-13)17-7-6-16-12/h2-8H,1H3,(H,20,21)(H,17,18,19). The van der Waals surface area contributed by atoms with Gasteiger partial charge in [-0.15, -0.1) is 0 Å². The average Bonchev–Trinajstić information content (AvgIpc) is 2.47. The van der Waals surface area contributed by atoms with Gasteiger partial charge in [-0.05, 0) is 42.8 Å². The molecule has 2 heterocycles. The molecule has 0 aliphatic rings. The van der Waals surface area contributed by atoms with Crippen LogP contribution >= 0.6 is 0 Å². The van der Waals surface area contributed by atoms with Crippen molar-refractivity contribution >= 4 is 28.6 Å². The molecule has 0 unspecified atom stereocenters. The maximum Gasteiger partial charge on any atom is 0.335 e. The number of fused-ring (bicyclic) bond motifs is 1. The zero-order valence-corrected chi connectivity index (χ0v) is 11.2. The van der Waals surface area contributed by atoms with Gasteiger partial charge in [-0.3, -0.25) is 4.98 Å². The van der Waals surface area contributed by atoms with Gasteiger partial charge < -0.3 is 10.4 Å². The van der Waals surface area contributed by atoms with Crippen LogP contribution in [0.2, 0.25) is 0 Å². The fourth-order valence-electron chi connectivity index (χ4n) is 2.05. The van der Waals surface area contributed by atoms with Gasteiger partial charge in [-0.1, -0.05) is 0 Å². The van der Waals surface area contributed by atoms with Crippen LogP contribution in [0.25, 0.3) is 11.2 Å². The van der Waals surface area contributed by atoms with Crippen molar-refractivity contribution in [3.63, 3.8) is 0 Å². The molecule has 3 aromatic rings. The molecular weight excluding hydrogens is 268 g/mol. The van der Waals surface area contributed by atoms with Gasteiger partial charge >= 0.3 is 5.97 Å². The lowest BCUT2D eigenvalue weighted by Crippen LogP contribution is -2.01. The third kappa shape index (κ3) is 2.64.